The van der Waals surface area contributed by atoms with E-state index in [-0.39, 0.29) is 16.2 Å². The van der Waals surface area contributed by atoms with Crippen molar-refractivity contribution in [1.82, 2.24) is 0 Å². The average molecular weight is 306 g/mol. The van der Waals surface area contributed by atoms with E-state index in [1.165, 1.54) is 0 Å². The standard InChI is InChI=1S/C16H15FO3S/c1-10-4-3-5-11(2)13(10)9-21(20)15-8-12(16(18)19)6-7-14(15)17/h3-8H,9H2,1-2H3,(H,18,19). The normalized spacial score (nSPS) is 12.1. The molecule has 0 aliphatic rings. The minimum Gasteiger partial charge on any atom is -0.478 e. The van der Waals surface area contributed by atoms with Crippen LogP contribution >= 0.6 is 0 Å². The second-order valence-corrected chi connectivity index (χ2v) is 6.23. The Morgan fingerprint density at radius 2 is 1.81 bits per heavy atom. The first-order valence-corrected chi connectivity index (χ1v) is 7.68. The van der Waals surface area contributed by atoms with Crippen molar-refractivity contribution < 1.29 is 18.5 Å². The summed E-state index contributed by atoms with van der Waals surface area (Å²) in [4.78, 5) is 10.9. The van der Waals surface area contributed by atoms with E-state index in [0.29, 0.717) is 0 Å². The van der Waals surface area contributed by atoms with Gasteiger partial charge in [-0.3, -0.25) is 4.21 Å². The molecule has 2 rings (SSSR count). The molecule has 110 valence electrons. The van der Waals surface area contributed by atoms with Crippen LogP contribution < -0.4 is 0 Å². The van der Waals surface area contributed by atoms with Gasteiger partial charge in [-0.2, -0.15) is 0 Å². The molecule has 1 unspecified atom stereocenters. The first-order valence-electron chi connectivity index (χ1n) is 6.36. The van der Waals surface area contributed by atoms with Gasteiger partial charge >= 0.3 is 5.97 Å². The minimum atomic E-state index is -1.63. The van der Waals surface area contributed by atoms with Crippen LogP contribution in [-0.2, 0) is 16.6 Å². The van der Waals surface area contributed by atoms with Gasteiger partial charge in [0.15, 0.2) is 0 Å². The number of rotatable bonds is 4. The van der Waals surface area contributed by atoms with Crippen molar-refractivity contribution >= 4 is 16.8 Å². The van der Waals surface area contributed by atoms with Gasteiger partial charge < -0.3 is 5.11 Å². The number of carboxylic acids is 1. The third-order valence-electron chi connectivity index (χ3n) is 3.34. The van der Waals surface area contributed by atoms with Crippen molar-refractivity contribution in [3.05, 3.63) is 64.5 Å². The number of aryl methyl sites for hydroxylation is 2. The summed E-state index contributed by atoms with van der Waals surface area (Å²) >= 11 is 0. The Bertz CT molecular complexity index is 705. The lowest BCUT2D eigenvalue weighted by Gasteiger charge is -2.10. The Labute approximate surface area is 124 Å². The van der Waals surface area contributed by atoms with Crippen LogP contribution in [0.2, 0.25) is 0 Å². The van der Waals surface area contributed by atoms with E-state index in [4.69, 9.17) is 5.11 Å². The lowest BCUT2D eigenvalue weighted by Crippen LogP contribution is -2.05. The van der Waals surface area contributed by atoms with Gasteiger partial charge in [0.25, 0.3) is 0 Å². The number of hydrogen-bond acceptors (Lipinski definition) is 2. The van der Waals surface area contributed by atoms with E-state index in [9.17, 15) is 13.4 Å². The molecule has 1 N–H and O–H groups in total. The van der Waals surface area contributed by atoms with E-state index >= 15 is 0 Å². The fourth-order valence-corrected chi connectivity index (χ4v) is 3.51. The molecule has 0 aliphatic carbocycles. The van der Waals surface area contributed by atoms with Gasteiger partial charge in [0.2, 0.25) is 0 Å². The first-order chi connectivity index (χ1) is 9.90. The van der Waals surface area contributed by atoms with Crippen molar-refractivity contribution in [1.29, 1.82) is 0 Å². The van der Waals surface area contributed by atoms with Crippen LogP contribution in [0.4, 0.5) is 4.39 Å². The molecular formula is C16H15FO3S. The average Bonchev–Trinajstić information content (AvgIpc) is 2.43. The maximum absolute atomic E-state index is 13.8. The van der Waals surface area contributed by atoms with Gasteiger partial charge in [-0.1, -0.05) is 18.2 Å². The molecular weight excluding hydrogens is 291 g/mol. The van der Waals surface area contributed by atoms with E-state index in [1.807, 2.05) is 32.0 Å². The fraction of sp³-hybridized carbons (Fsp3) is 0.188. The summed E-state index contributed by atoms with van der Waals surface area (Å²) in [6, 6.07) is 9.07. The molecule has 0 saturated heterocycles. The number of halogens is 1. The van der Waals surface area contributed by atoms with Crippen LogP contribution in [0.5, 0.6) is 0 Å². The Morgan fingerprint density at radius 1 is 1.19 bits per heavy atom. The van der Waals surface area contributed by atoms with Gasteiger partial charge in [-0.05, 0) is 48.7 Å². The van der Waals surface area contributed by atoms with Gasteiger partial charge in [0.1, 0.15) is 5.82 Å². The molecule has 5 heteroatoms. The highest BCUT2D eigenvalue weighted by Crippen LogP contribution is 2.21. The molecule has 0 saturated carbocycles. The van der Waals surface area contributed by atoms with Crippen molar-refractivity contribution in [2.24, 2.45) is 0 Å². The van der Waals surface area contributed by atoms with E-state index in [1.54, 1.807) is 0 Å². The van der Waals surface area contributed by atoms with Gasteiger partial charge in [-0.15, -0.1) is 0 Å². The van der Waals surface area contributed by atoms with Crippen LogP contribution in [-0.4, -0.2) is 15.3 Å². The summed E-state index contributed by atoms with van der Waals surface area (Å²) in [5.41, 5.74) is 2.80. The van der Waals surface area contributed by atoms with E-state index in [0.717, 1.165) is 34.9 Å². The number of aromatic carboxylic acids is 1. The number of carboxylic acid groups (broad SMARTS) is 1. The summed E-state index contributed by atoms with van der Waals surface area (Å²) in [6.45, 7) is 3.81. The number of hydrogen-bond donors (Lipinski definition) is 1. The predicted octanol–water partition coefficient (Wildman–Crippen LogP) is 3.45. The molecule has 21 heavy (non-hydrogen) atoms. The number of benzene rings is 2. The third kappa shape index (κ3) is 3.36. The Kier molecular flexibility index (Phi) is 4.53. The van der Waals surface area contributed by atoms with Crippen LogP contribution in [0.15, 0.2) is 41.3 Å². The van der Waals surface area contributed by atoms with Crippen LogP contribution in [0.1, 0.15) is 27.0 Å². The zero-order valence-electron chi connectivity index (χ0n) is 11.7. The predicted molar refractivity (Wildman–Crippen MR) is 79.4 cm³/mol. The largest absolute Gasteiger partial charge is 0.478 e. The Hall–Kier alpha value is -2.01. The summed E-state index contributed by atoms with van der Waals surface area (Å²) in [5, 5.41) is 8.94. The monoisotopic (exact) mass is 306 g/mol. The van der Waals surface area contributed by atoms with Crippen LogP contribution in [0, 0.1) is 19.7 Å². The van der Waals surface area contributed by atoms with Crippen molar-refractivity contribution in [3.63, 3.8) is 0 Å². The van der Waals surface area contributed by atoms with Crippen LogP contribution in [0.3, 0.4) is 0 Å². The van der Waals surface area contributed by atoms with Crippen molar-refractivity contribution in [2.45, 2.75) is 24.5 Å². The summed E-state index contributed by atoms with van der Waals surface area (Å²) < 4.78 is 26.2. The molecule has 3 nitrogen and oxygen atoms in total. The number of carbonyl (C=O) groups is 1. The van der Waals surface area contributed by atoms with E-state index in [2.05, 4.69) is 0 Å². The third-order valence-corrected chi connectivity index (χ3v) is 4.70. The quantitative estimate of drug-likeness (QED) is 0.941. The topological polar surface area (TPSA) is 54.4 Å². The molecule has 0 spiro atoms. The first kappa shape index (κ1) is 15.4. The smallest absolute Gasteiger partial charge is 0.335 e. The molecule has 2 aromatic rings. The molecule has 0 radical (unpaired) electrons. The molecule has 0 aromatic heterocycles. The zero-order chi connectivity index (χ0) is 15.6. The molecule has 0 amide bonds. The van der Waals surface area contributed by atoms with Crippen molar-refractivity contribution in [3.8, 4) is 0 Å². The van der Waals surface area contributed by atoms with Gasteiger partial charge in [-0.25, -0.2) is 9.18 Å². The second-order valence-electron chi connectivity index (χ2n) is 4.81. The molecule has 0 heterocycles. The van der Waals surface area contributed by atoms with Gasteiger partial charge in [0.05, 0.1) is 27.0 Å². The molecule has 1 atom stereocenters. The maximum atomic E-state index is 13.8. The van der Waals surface area contributed by atoms with Gasteiger partial charge in [0, 0.05) is 0 Å². The second kappa shape index (κ2) is 6.18. The SMILES string of the molecule is Cc1cccc(C)c1CS(=O)c1cc(C(=O)O)ccc1F. The Balaban J connectivity index is 2.37. The highest BCUT2D eigenvalue weighted by atomic mass is 32.2. The zero-order valence-corrected chi connectivity index (χ0v) is 12.5. The molecule has 0 fully saturated rings. The summed E-state index contributed by atoms with van der Waals surface area (Å²) in [5.74, 6) is -1.65. The summed E-state index contributed by atoms with van der Waals surface area (Å²) in [6.07, 6.45) is 0. The molecule has 0 bridgehead atoms. The highest BCUT2D eigenvalue weighted by molar-refractivity contribution is 7.84. The van der Waals surface area contributed by atoms with Crippen molar-refractivity contribution in [2.75, 3.05) is 0 Å². The molecule has 2 aromatic carbocycles. The minimum absolute atomic E-state index is 0.0683. The lowest BCUT2D eigenvalue weighted by molar-refractivity contribution is 0.0696. The maximum Gasteiger partial charge on any atom is 0.335 e. The highest BCUT2D eigenvalue weighted by Gasteiger charge is 2.16. The van der Waals surface area contributed by atoms with E-state index < -0.39 is 22.6 Å². The summed E-state index contributed by atoms with van der Waals surface area (Å²) in [7, 11) is -1.63. The van der Waals surface area contributed by atoms with Crippen LogP contribution in [0.25, 0.3) is 0 Å². The lowest BCUT2D eigenvalue weighted by atomic mass is 10.1. The Morgan fingerprint density at radius 3 is 2.38 bits per heavy atom. The fourth-order valence-electron chi connectivity index (χ4n) is 2.10. The molecule has 0 aliphatic heterocycles.